The molecule has 1 aromatic heterocycles. The number of nitrogens with one attached hydrogen (secondary N) is 3. The first-order valence-electron chi connectivity index (χ1n) is 14.5. The van der Waals surface area contributed by atoms with Gasteiger partial charge in [-0.05, 0) is 79.9 Å². The van der Waals surface area contributed by atoms with Gasteiger partial charge in [0.05, 0.1) is 0 Å². The van der Waals surface area contributed by atoms with E-state index in [-0.39, 0.29) is 23.8 Å². The van der Waals surface area contributed by atoms with Gasteiger partial charge in [-0.1, -0.05) is 74.0 Å². The fourth-order valence-corrected chi connectivity index (χ4v) is 5.32. The Kier molecular flexibility index (Phi) is 11.1. The fraction of sp³-hybridized carbons (Fsp3) is 0.424. The van der Waals surface area contributed by atoms with Crippen LogP contribution in [0.2, 0.25) is 0 Å². The number of carbonyl (C=O) groups is 2. The molecule has 2 atom stereocenters. The van der Waals surface area contributed by atoms with Crippen LogP contribution in [0.4, 0.5) is 0 Å². The standard InChI is InChI=1S/C33H42N4O2/c1-2-8-30(13-6-9-25-14-16-28(17-15-25)27-11-4-3-5-12-27)36-33(39)31(23-26-10-7-20-35-24-26)37-32(38)29-18-21-34-22-19-29/h3-5,7,10-12,14-17,20,24,29-31,34H,2,6,8-9,13,18-19,21-23H2,1H3,(H,36,39)(H,37,38)/t30?,31-/m0/s1. The molecule has 6 nitrogen and oxygen atoms in total. The second-order valence-electron chi connectivity index (χ2n) is 10.6. The van der Waals surface area contributed by atoms with Gasteiger partial charge in [0.1, 0.15) is 6.04 Å². The van der Waals surface area contributed by atoms with Gasteiger partial charge in [0.15, 0.2) is 0 Å². The molecule has 39 heavy (non-hydrogen) atoms. The van der Waals surface area contributed by atoms with Gasteiger partial charge in [0.2, 0.25) is 11.8 Å². The van der Waals surface area contributed by atoms with E-state index in [1.54, 1.807) is 12.4 Å². The number of aromatic nitrogens is 1. The van der Waals surface area contributed by atoms with Gasteiger partial charge >= 0.3 is 0 Å². The average molecular weight is 527 g/mol. The summed E-state index contributed by atoms with van der Waals surface area (Å²) >= 11 is 0. The Balaban J connectivity index is 1.33. The average Bonchev–Trinajstić information content (AvgIpc) is 2.98. The minimum atomic E-state index is -0.610. The molecule has 3 aromatic rings. The molecule has 1 saturated heterocycles. The molecule has 3 N–H and O–H groups in total. The second kappa shape index (κ2) is 15.2. The molecule has 2 amide bonds. The molecule has 0 radical (unpaired) electrons. The Labute approximate surface area is 233 Å². The normalized spacial score (nSPS) is 15.3. The van der Waals surface area contributed by atoms with Crippen LogP contribution < -0.4 is 16.0 Å². The van der Waals surface area contributed by atoms with Gasteiger partial charge in [0, 0.05) is 30.8 Å². The Morgan fingerprint density at radius 1 is 0.897 bits per heavy atom. The predicted octanol–water partition coefficient (Wildman–Crippen LogP) is 5.08. The van der Waals surface area contributed by atoms with Gasteiger partial charge in [-0.2, -0.15) is 0 Å². The fourth-order valence-electron chi connectivity index (χ4n) is 5.32. The third-order valence-corrected chi connectivity index (χ3v) is 7.57. The number of hydrogen-bond donors (Lipinski definition) is 3. The summed E-state index contributed by atoms with van der Waals surface area (Å²) in [4.78, 5) is 30.7. The van der Waals surface area contributed by atoms with E-state index in [9.17, 15) is 9.59 Å². The maximum atomic E-state index is 13.5. The lowest BCUT2D eigenvalue weighted by Gasteiger charge is -2.27. The van der Waals surface area contributed by atoms with Crippen molar-refractivity contribution in [2.45, 2.75) is 70.4 Å². The van der Waals surface area contributed by atoms with Crippen LogP contribution in [-0.4, -0.2) is 42.0 Å². The number of nitrogens with zero attached hydrogens (tertiary/aromatic N) is 1. The first kappa shape index (κ1) is 28.5. The highest BCUT2D eigenvalue weighted by Crippen LogP contribution is 2.20. The monoisotopic (exact) mass is 526 g/mol. The summed E-state index contributed by atoms with van der Waals surface area (Å²) in [5.74, 6) is -0.173. The summed E-state index contributed by atoms with van der Waals surface area (Å²) in [6.07, 6.45) is 10.3. The van der Waals surface area contributed by atoms with Crippen molar-refractivity contribution in [3.8, 4) is 11.1 Å². The van der Waals surface area contributed by atoms with Crippen molar-refractivity contribution in [1.29, 1.82) is 0 Å². The zero-order chi connectivity index (χ0) is 27.3. The summed E-state index contributed by atoms with van der Waals surface area (Å²) in [6.45, 7) is 3.82. The summed E-state index contributed by atoms with van der Waals surface area (Å²) in [5, 5.41) is 9.65. The van der Waals surface area contributed by atoms with Crippen LogP contribution in [0.5, 0.6) is 0 Å². The molecule has 1 aliphatic rings. The topological polar surface area (TPSA) is 83.1 Å². The van der Waals surface area contributed by atoms with Crippen LogP contribution in [0.25, 0.3) is 11.1 Å². The van der Waals surface area contributed by atoms with E-state index in [0.717, 1.165) is 63.6 Å². The Morgan fingerprint density at radius 2 is 1.64 bits per heavy atom. The molecule has 0 bridgehead atoms. The highest BCUT2D eigenvalue weighted by atomic mass is 16.2. The highest BCUT2D eigenvalue weighted by molar-refractivity contribution is 5.89. The van der Waals surface area contributed by atoms with Crippen molar-refractivity contribution in [2.75, 3.05) is 13.1 Å². The molecule has 0 saturated carbocycles. The third-order valence-electron chi connectivity index (χ3n) is 7.57. The SMILES string of the molecule is CCCC(CCCc1ccc(-c2ccccc2)cc1)NC(=O)[C@H](Cc1cccnc1)NC(=O)C1CCNCC1. The number of piperidine rings is 1. The number of rotatable bonds is 13. The molecule has 6 heteroatoms. The molecule has 0 spiro atoms. The lowest BCUT2D eigenvalue weighted by molar-refractivity contribution is -0.132. The van der Waals surface area contributed by atoms with E-state index in [1.807, 2.05) is 18.2 Å². The summed E-state index contributed by atoms with van der Waals surface area (Å²) < 4.78 is 0. The Bertz CT molecular complexity index is 1150. The molecule has 206 valence electrons. The van der Waals surface area contributed by atoms with E-state index in [1.165, 1.54) is 16.7 Å². The highest BCUT2D eigenvalue weighted by Gasteiger charge is 2.28. The molecule has 4 rings (SSSR count). The van der Waals surface area contributed by atoms with E-state index >= 15 is 0 Å². The van der Waals surface area contributed by atoms with Crippen molar-refractivity contribution in [3.63, 3.8) is 0 Å². The van der Waals surface area contributed by atoms with Crippen molar-refractivity contribution >= 4 is 11.8 Å². The van der Waals surface area contributed by atoms with Gasteiger partial charge < -0.3 is 16.0 Å². The molecule has 1 aliphatic heterocycles. The number of benzene rings is 2. The predicted molar refractivity (Wildman–Crippen MR) is 157 cm³/mol. The Morgan fingerprint density at radius 3 is 2.33 bits per heavy atom. The zero-order valence-electron chi connectivity index (χ0n) is 23.1. The summed E-state index contributed by atoms with van der Waals surface area (Å²) in [5.41, 5.74) is 4.69. The van der Waals surface area contributed by atoms with Gasteiger partial charge in [-0.15, -0.1) is 0 Å². The van der Waals surface area contributed by atoms with Gasteiger partial charge in [-0.3, -0.25) is 14.6 Å². The number of carbonyl (C=O) groups excluding carboxylic acids is 2. The van der Waals surface area contributed by atoms with Crippen LogP contribution in [0.3, 0.4) is 0 Å². The minimum absolute atomic E-state index is 0.0217. The van der Waals surface area contributed by atoms with Crippen molar-refractivity contribution < 1.29 is 9.59 Å². The minimum Gasteiger partial charge on any atom is -0.352 e. The van der Waals surface area contributed by atoms with E-state index in [0.29, 0.717) is 6.42 Å². The quantitative estimate of drug-likeness (QED) is 0.290. The zero-order valence-corrected chi connectivity index (χ0v) is 23.1. The largest absolute Gasteiger partial charge is 0.352 e. The maximum absolute atomic E-state index is 13.5. The van der Waals surface area contributed by atoms with Crippen molar-refractivity contribution in [1.82, 2.24) is 20.9 Å². The third kappa shape index (κ3) is 9.03. The molecule has 2 heterocycles. The number of aryl methyl sites for hydroxylation is 1. The number of pyridine rings is 1. The van der Waals surface area contributed by atoms with Crippen LogP contribution in [-0.2, 0) is 22.4 Å². The van der Waals surface area contributed by atoms with Crippen molar-refractivity contribution in [2.24, 2.45) is 5.92 Å². The lowest BCUT2D eigenvalue weighted by Crippen LogP contribution is -2.52. The second-order valence-corrected chi connectivity index (χ2v) is 10.6. The molecule has 1 fully saturated rings. The van der Waals surface area contributed by atoms with Crippen LogP contribution >= 0.6 is 0 Å². The van der Waals surface area contributed by atoms with Crippen LogP contribution in [0, 0.1) is 5.92 Å². The molecular weight excluding hydrogens is 484 g/mol. The molecule has 2 aromatic carbocycles. The van der Waals surface area contributed by atoms with Crippen LogP contribution in [0.15, 0.2) is 79.1 Å². The van der Waals surface area contributed by atoms with E-state index in [2.05, 4.69) is 76.4 Å². The Hall–Kier alpha value is -3.51. The summed E-state index contributed by atoms with van der Waals surface area (Å²) in [7, 11) is 0. The van der Waals surface area contributed by atoms with Gasteiger partial charge in [0.25, 0.3) is 0 Å². The summed E-state index contributed by atoms with van der Waals surface area (Å²) in [6, 6.07) is 22.5. The first-order valence-corrected chi connectivity index (χ1v) is 14.5. The smallest absolute Gasteiger partial charge is 0.243 e. The lowest BCUT2D eigenvalue weighted by atomic mass is 9.96. The van der Waals surface area contributed by atoms with Crippen LogP contribution in [0.1, 0.15) is 56.6 Å². The molecule has 0 aliphatic carbocycles. The maximum Gasteiger partial charge on any atom is 0.243 e. The number of hydrogen-bond acceptors (Lipinski definition) is 4. The van der Waals surface area contributed by atoms with E-state index < -0.39 is 6.04 Å². The van der Waals surface area contributed by atoms with Gasteiger partial charge in [-0.25, -0.2) is 0 Å². The first-order chi connectivity index (χ1) is 19.1. The molecular formula is C33H42N4O2. The molecule has 1 unspecified atom stereocenters. The number of amides is 2. The van der Waals surface area contributed by atoms with E-state index in [4.69, 9.17) is 0 Å². The van der Waals surface area contributed by atoms with Crippen molar-refractivity contribution in [3.05, 3.63) is 90.3 Å².